The average Bonchev–Trinajstić information content (AvgIpc) is 3.03. The van der Waals surface area contributed by atoms with E-state index in [1.54, 1.807) is 11.8 Å². The first-order valence-corrected chi connectivity index (χ1v) is 8.88. The first-order chi connectivity index (χ1) is 12.5. The van der Waals surface area contributed by atoms with E-state index in [-0.39, 0.29) is 18.4 Å². The lowest BCUT2D eigenvalue weighted by atomic mass is 10.0. The fourth-order valence-electron chi connectivity index (χ4n) is 3.24. The number of rotatable bonds is 5. The minimum atomic E-state index is -0.204. The van der Waals surface area contributed by atoms with Crippen LogP contribution >= 0.6 is 0 Å². The number of carbonyl (C=O) groups excluding carboxylic acids is 2. The Labute approximate surface area is 154 Å². The molecule has 26 heavy (non-hydrogen) atoms. The number of ether oxygens (including phenoxy) is 1. The Bertz CT molecular complexity index is 830. The Balaban J connectivity index is 1.62. The molecule has 5 nitrogen and oxygen atoms in total. The maximum atomic E-state index is 12.2. The van der Waals surface area contributed by atoms with Crippen LogP contribution in [0, 0.1) is 0 Å². The van der Waals surface area contributed by atoms with Crippen LogP contribution in [0.5, 0.6) is 5.75 Å². The number of nitrogens with one attached hydrogen (secondary N) is 1. The first kappa shape index (κ1) is 18.0. The maximum Gasteiger partial charge on any atom is 0.262 e. The molecule has 0 aromatic heterocycles. The number of carbonyl (C=O) groups is 2. The van der Waals surface area contributed by atoms with Crippen LogP contribution in [-0.2, 0) is 16.0 Å². The zero-order valence-corrected chi connectivity index (χ0v) is 15.4. The van der Waals surface area contributed by atoms with E-state index in [1.165, 1.54) is 0 Å². The van der Waals surface area contributed by atoms with Crippen LogP contribution in [0.4, 0.5) is 11.4 Å². The second-order valence-electron chi connectivity index (χ2n) is 6.79. The van der Waals surface area contributed by atoms with Crippen LogP contribution in [-0.4, -0.2) is 25.0 Å². The standard InChI is InChI=1S/C21H24N2O3/c1-14(2)18-6-4-5-7-20(18)26-13-21(25)22-17-8-9-19-16(12-17)10-11-23(19)15(3)24/h4-9,12,14H,10-11,13H2,1-3H3,(H,22,25). The van der Waals surface area contributed by atoms with Gasteiger partial charge in [0, 0.05) is 24.8 Å². The van der Waals surface area contributed by atoms with Crippen molar-refractivity contribution >= 4 is 23.2 Å². The molecule has 2 amide bonds. The molecule has 1 heterocycles. The summed E-state index contributed by atoms with van der Waals surface area (Å²) < 4.78 is 5.71. The van der Waals surface area contributed by atoms with E-state index >= 15 is 0 Å². The molecule has 136 valence electrons. The van der Waals surface area contributed by atoms with Crippen LogP contribution in [0.1, 0.15) is 37.8 Å². The molecule has 0 spiro atoms. The summed E-state index contributed by atoms with van der Waals surface area (Å²) in [5, 5.41) is 2.87. The Hall–Kier alpha value is -2.82. The number of nitrogens with zero attached hydrogens (tertiary/aromatic N) is 1. The first-order valence-electron chi connectivity index (χ1n) is 8.88. The van der Waals surface area contributed by atoms with Gasteiger partial charge in [-0.05, 0) is 47.7 Å². The zero-order chi connectivity index (χ0) is 18.7. The smallest absolute Gasteiger partial charge is 0.262 e. The van der Waals surface area contributed by atoms with E-state index in [2.05, 4.69) is 19.2 Å². The summed E-state index contributed by atoms with van der Waals surface area (Å²) in [6, 6.07) is 13.4. The molecular weight excluding hydrogens is 328 g/mol. The molecule has 0 radical (unpaired) electrons. The predicted octanol–water partition coefficient (Wildman–Crippen LogP) is 3.74. The quantitative estimate of drug-likeness (QED) is 0.892. The molecule has 1 aliphatic rings. The maximum absolute atomic E-state index is 12.2. The lowest BCUT2D eigenvalue weighted by Crippen LogP contribution is -2.25. The predicted molar refractivity (Wildman–Crippen MR) is 103 cm³/mol. The van der Waals surface area contributed by atoms with E-state index in [0.29, 0.717) is 12.5 Å². The molecule has 0 atom stereocenters. The third-order valence-electron chi connectivity index (χ3n) is 4.54. The normalized spacial score (nSPS) is 12.8. The van der Waals surface area contributed by atoms with Crippen molar-refractivity contribution in [2.24, 2.45) is 0 Å². The number of hydrogen-bond acceptors (Lipinski definition) is 3. The summed E-state index contributed by atoms with van der Waals surface area (Å²) in [6.45, 7) is 6.41. The highest BCUT2D eigenvalue weighted by atomic mass is 16.5. The van der Waals surface area contributed by atoms with Crippen molar-refractivity contribution in [3.63, 3.8) is 0 Å². The Kier molecular flexibility index (Phi) is 5.26. The van der Waals surface area contributed by atoms with Crippen LogP contribution in [0.15, 0.2) is 42.5 Å². The van der Waals surface area contributed by atoms with Crippen molar-refractivity contribution in [3.8, 4) is 5.75 Å². The Morgan fingerprint density at radius 2 is 1.96 bits per heavy atom. The molecule has 2 aromatic rings. The van der Waals surface area contributed by atoms with E-state index in [0.717, 1.165) is 34.7 Å². The van der Waals surface area contributed by atoms with Gasteiger partial charge in [0.2, 0.25) is 5.91 Å². The summed E-state index contributed by atoms with van der Waals surface area (Å²) in [5.41, 5.74) is 3.81. The summed E-state index contributed by atoms with van der Waals surface area (Å²) in [6.07, 6.45) is 0.802. The number of fused-ring (bicyclic) bond motifs is 1. The van der Waals surface area contributed by atoms with Gasteiger partial charge in [-0.3, -0.25) is 9.59 Å². The number of para-hydroxylation sites is 1. The molecule has 0 bridgehead atoms. The van der Waals surface area contributed by atoms with Gasteiger partial charge in [0.25, 0.3) is 5.91 Å². The number of anilines is 2. The monoisotopic (exact) mass is 352 g/mol. The minimum Gasteiger partial charge on any atom is -0.483 e. The molecule has 1 aliphatic heterocycles. The molecule has 5 heteroatoms. The summed E-state index contributed by atoms with van der Waals surface area (Å²) in [4.78, 5) is 25.6. The van der Waals surface area contributed by atoms with Gasteiger partial charge in [-0.1, -0.05) is 32.0 Å². The fraction of sp³-hybridized carbons (Fsp3) is 0.333. The SMILES string of the molecule is CC(=O)N1CCc2cc(NC(=O)COc3ccccc3C(C)C)ccc21. The summed E-state index contributed by atoms with van der Waals surface area (Å²) >= 11 is 0. The van der Waals surface area contributed by atoms with Gasteiger partial charge in [-0.2, -0.15) is 0 Å². The van der Waals surface area contributed by atoms with Gasteiger partial charge >= 0.3 is 0 Å². The molecular formula is C21H24N2O3. The highest BCUT2D eigenvalue weighted by Crippen LogP contribution is 2.30. The highest BCUT2D eigenvalue weighted by molar-refractivity contribution is 5.95. The van der Waals surface area contributed by atoms with Gasteiger partial charge in [-0.15, -0.1) is 0 Å². The van der Waals surface area contributed by atoms with E-state index in [9.17, 15) is 9.59 Å². The molecule has 0 aliphatic carbocycles. The minimum absolute atomic E-state index is 0.0396. The number of benzene rings is 2. The van der Waals surface area contributed by atoms with Crippen molar-refractivity contribution in [1.82, 2.24) is 0 Å². The molecule has 1 N–H and O–H groups in total. The molecule has 0 saturated carbocycles. The van der Waals surface area contributed by atoms with Crippen molar-refractivity contribution < 1.29 is 14.3 Å². The van der Waals surface area contributed by atoms with Gasteiger partial charge in [0.05, 0.1) is 0 Å². The van der Waals surface area contributed by atoms with Gasteiger partial charge in [0.15, 0.2) is 6.61 Å². The largest absolute Gasteiger partial charge is 0.483 e. The van der Waals surface area contributed by atoms with Crippen LogP contribution < -0.4 is 15.0 Å². The van der Waals surface area contributed by atoms with Gasteiger partial charge < -0.3 is 15.0 Å². The van der Waals surface area contributed by atoms with Gasteiger partial charge in [0.1, 0.15) is 5.75 Å². The van der Waals surface area contributed by atoms with Crippen LogP contribution in [0.3, 0.4) is 0 Å². The average molecular weight is 352 g/mol. The lowest BCUT2D eigenvalue weighted by Gasteiger charge is -2.15. The van der Waals surface area contributed by atoms with E-state index in [1.807, 2.05) is 42.5 Å². The second-order valence-corrected chi connectivity index (χ2v) is 6.79. The number of amides is 2. The fourth-order valence-corrected chi connectivity index (χ4v) is 3.24. The van der Waals surface area contributed by atoms with Crippen molar-refractivity contribution in [2.75, 3.05) is 23.4 Å². The second kappa shape index (κ2) is 7.60. The van der Waals surface area contributed by atoms with Crippen LogP contribution in [0.25, 0.3) is 0 Å². The van der Waals surface area contributed by atoms with Crippen molar-refractivity contribution in [3.05, 3.63) is 53.6 Å². The lowest BCUT2D eigenvalue weighted by molar-refractivity contribution is -0.118. The molecule has 0 unspecified atom stereocenters. The molecule has 0 saturated heterocycles. The van der Waals surface area contributed by atoms with E-state index < -0.39 is 0 Å². The van der Waals surface area contributed by atoms with Crippen molar-refractivity contribution in [1.29, 1.82) is 0 Å². The van der Waals surface area contributed by atoms with E-state index in [4.69, 9.17) is 4.74 Å². The third kappa shape index (κ3) is 3.87. The van der Waals surface area contributed by atoms with Crippen LogP contribution in [0.2, 0.25) is 0 Å². The molecule has 2 aromatic carbocycles. The zero-order valence-electron chi connectivity index (χ0n) is 15.4. The van der Waals surface area contributed by atoms with Gasteiger partial charge in [-0.25, -0.2) is 0 Å². The van der Waals surface area contributed by atoms with Crippen molar-refractivity contribution in [2.45, 2.75) is 33.1 Å². The summed E-state index contributed by atoms with van der Waals surface area (Å²) in [7, 11) is 0. The third-order valence-corrected chi connectivity index (χ3v) is 4.54. The topological polar surface area (TPSA) is 58.6 Å². The Morgan fingerprint density at radius 3 is 2.69 bits per heavy atom. The highest BCUT2D eigenvalue weighted by Gasteiger charge is 2.22. The molecule has 0 fully saturated rings. The molecule has 3 rings (SSSR count). The number of hydrogen-bond donors (Lipinski definition) is 1. The summed E-state index contributed by atoms with van der Waals surface area (Å²) in [5.74, 6) is 0.904. The Morgan fingerprint density at radius 1 is 1.19 bits per heavy atom.